The van der Waals surface area contributed by atoms with Crippen molar-refractivity contribution in [2.75, 3.05) is 37.6 Å². The second kappa shape index (κ2) is 6.95. The molecular formula is C20H22Cl2N2. The Morgan fingerprint density at radius 3 is 2.00 bits per heavy atom. The van der Waals surface area contributed by atoms with E-state index in [0.717, 1.165) is 48.1 Å². The Morgan fingerprint density at radius 2 is 1.38 bits per heavy atom. The molecule has 1 heterocycles. The number of halogens is 2. The van der Waals surface area contributed by atoms with Crippen LogP contribution in [0.1, 0.15) is 17.9 Å². The molecule has 4 rings (SSSR count). The van der Waals surface area contributed by atoms with Gasteiger partial charge in [0.25, 0.3) is 0 Å². The van der Waals surface area contributed by atoms with Crippen molar-refractivity contribution >= 4 is 28.9 Å². The van der Waals surface area contributed by atoms with Crippen LogP contribution in [0.3, 0.4) is 0 Å². The Balaban J connectivity index is 1.27. The molecule has 0 bridgehead atoms. The van der Waals surface area contributed by atoms with Crippen molar-refractivity contribution in [2.45, 2.75) is 12.3 Å². The van der Waals surface area contributed by atoms with E-state index in [1.165, 1.54) is 24.2 Å². The molecule has 0 radical (unpaired) electrons. The molecule has 1 saturated heterocycles. The molecule has 2 atom stereocenters. The van der Waals surface area contributed by atoms with Gasteiger partial charge < -0.3 is 4.90 Å². The van der Waals surface area contributed by atoms with Crippen molar-refractivity contribution in [3.8, 4) is 0 Å². The highest BCUT2D eigenvalue weighted by atomic mass is 35.5. The Morgan fingerprint density at radius 1 is 0.792 bits per heavy atom. The number of nitrogens with zero attached hydrogens (tertiary/aromatic N) is 2. The number of hydrogen-bond donors (Lipinski definition) is 0. The fraction of sp³-hybridized carbons (Fsp3) is 0.400. The van der Waals surface area contributed by atoms with Gasteiger partial charge in [-0.15, -0.1) is 0 Å². The minimum Gasteiger partial charge on any atom is -0.369 e. The van der Waals surface area contributed by atoms with Crippen LogP contribution in [0.15, 0.2) is 48.5 Å². The SMILES string of the molecule is Clc1ccc(C2CC2CN2CCN(c3ccc(Cl)cc3)CC2)cc1. The summed E-state index contributed by atoms with van der Waals surface area (Å²) in [4.78, 5) is 5.07. The van der Waals surface area contributed by atoms with Gasteiger partial charge in [-0.1, -0.05) is 35.3 Å². The van der Waals surface area contributed by atoms with Gasteiger partial charge in [-0.05, 0) is 60.2 Å². The molecule has 4 heteroatoms. The summed E-state index contributed by atoms with van der Waals surface area (Å²) in [5.74, 6) is 1.55. The van der Waals surface area contributed by atoms with Crippen LogP contribution in [0.4, 0.5) is 5.69 Å². The van der Waals surface area contributed by atoms with Crippen LogP contribution in [0.5, 0.6) is 0 Å². The van der Waals surface area contributed by atoms with Gasteiger partial charge in [0.1, 0.15) is 0 Å². The van der Waals surface area contributed by atoms with Crippen LogP contribution in [0.2, 0.25) is 10.0 Å². The molecule has 2 fully saturated rings. The summed E-state index contributed by atoms with van der Waals surface area (Å²) in [5.41, 5.74) is 2.73. The molecule has 2 unspecified atom stereocenters. The lowest BCUT2D eigenvalue weighted by molar-refractivity contribution is 0.246. The van der Waals surface area contributed by atoms with Gasteiger partial charge >= 0.3 is 0 Å². The average molecular weight is 361 g/mol. The van der Waals surface area contributed by atoms with Gasteiger partial charge in [-0.3, -0.25) is 4.90 Å². The summed E-state index contributed by atoms with van der Waals surface area (Å²) in [6.45, 7) is 5.71. The van der Waals surface area contributed by atoms with Crippen LogP contribution < -0.4 is 4.90 Å². The zero-order valence-electron chi connectivity index (χ0n) is 13.7. The minimum absolute atomic E-state index is 0.733. The first kappa shape index (κ1) is 16.3. The number of piperazine rings is 1. The van der Waals surface area contributed by atoms with Crippen molar-refractivity contribution in [3.05, 3.63) is 64.1 Å². The third-order valence-electron chi connectivity index (χ3n) is 5.28. The quantitative estimate of drug-likeness (QED) is 0.763. The zero-order valence-corrected chi connectivity index (χ0v) is 15.2. The predicted molar refractivity (Wildman–Crippen MR) is 102 cm³/mol. The molecule has 0 N–H and O–H groups in total. The van der Waals surface area contributed by atoms with Crippen molar-refractivity contribution < 1.29 is 0 Å². The first-order valence-corrected chi connectivity index (χ1v) is 9.43. The molecule has 0 amide bonds. The van der Waals surface area contributed by atoms with Crippen molar-refractivity contribution in [3.63, 3.8) is 0 Å². The van der Waals surface area contributed by atoms with Crippen LogP contribution in [-0.4, -0.2) is 37.6 Å². The van der Waals surface area contributed by atoms with Gasteiger partial charge in [-0.25, -0.2) is 0 Å². The van der Waals surface area contributed by atoms with E-state index in [1.807, 2.05) is 24.3 Å². The first-order valence-electron chi connectivity index (χ1n) is 8.67. The minimum atomic E-state index is 0.733. The molecule has 2 aliphatic rings. The van der Waals surface area contributed by atoms with E-state index in [1.54, 1.807) is 0 Å². The number of anilines is 1. The largest absolute Gasteiger partial charge is 0.369 e. The molecule has 1 saturated carbocycles. The van der Waals surface area contributed by atoms with Gasteiger partial charge in [0.05, 0.1) is 0 Å². The number of hydrogen-bond acceptors (Lipinski definition) is 2. The Hall–Kier alpha value is -1.22. The summed E-state index contributed by atoms with van der Waals surface area (Å²) in [6.07, 6.45) is 1.32. The maximum Gasteiger partial charge on any atom is 0.0407 e. The van der Waals surface area contributed by atoms with E-state index < -0.39 is 0 Å². The Kier molecular flexibility index (Phi) is 4.71. The van der Waals surface area contributed by atoms with Crippen molar-refractivity contribution in [2.24, 2.45) is 5.92 Å². The predicted octanol–water partition coefficient (Wildman–Crippen LogP) is 4.92. The molecular weight excluding hydrogens is 339 g/mol. The van der Waals surface area contributed by atoms with Gasteiger partial charge in [0.2, 0.25) is 0 Å². The molecule has 0 spiro atoms. The number of rotatable bonds is 4. The summed E-state index contributed by atoms with van der Waals surface area (Å²) in [6, 6.07) is 16.6. The Bertz CT molecular complexity index is 676. The second-order valence-electron chi connectivity index (χ2n) is 6.92. The van der Waals surface area contributed by atoms with E-state index >= 15 is 0 Å². The molecule has 1 aliphatic carbocycles. The highest BCUT2D eigenvalue weighted by Gasteiger charge is 2.39. The van der Waals surface area contributed by atoms with Gasteiger partial charge in [0.15, 0.2) is 0 Å². The fourth-order valence-electron chi connectivity index (χ4n) is 3.74. The third-order valence-corrected chi connectivity index (χ3v) is 5.78. The molecule has 2 aromatic rings. The van der Waals surface area contributed by atoms with E-state index in [0.29, 0.717) is 0 Å². The monoisotopic (exact) mass is 360 g/mol. The smallest absolute Gasteiger partial charge is 0.0407 e. The van der Waals surface area contributed by atoms with Crippen LogP contribution in [-0.2, 0) is 0 Å². The van der Waals surface area contributed by atoms with Crippen molar-refractivity contribution in [1.82, 2.24) is 4.90 Å². The van der Waals surface area contributed by atoms with Gasteiger partial charge in [-0.2, -0.15) is 0 Å². The Labute approximate surface area is 154 Å². The summed E-state index contributed by atoms with van der Waals surface area (Å²) in [5, 5.41) is 1.63. The van der Waals surface area contributed by atoms with E-state index in [4.69, 9.17) is 23.2 Å². The molecule has 2 nitrogen and oxygen atoms in total. The average Bonchev–Trinajstić information content (AvgIpc) is 3.36. The van der Waals surface area contributed by atoms with E-state index in [2.05, 4.69) is 34.1 Å². The molecule has 24 heavy (non-hydrogen) atoms. The number of benzene rings is 2. The normalized spacial score (nSPS) is 24.2. The maximum atomic E-state index is 5.98. The zero-order chi connectivity index (χ0) is 16.5. The lowest BCUT2D eigenvalue weighted by Gasteiger charge is -2.36. The molecule has 1 aliphatic heterocycles. The van der Waals surface area contributed by atoms with Gasteiger partial charge in [0, 0.05) is 48.5 Å². The summed E-state index contributed by atoms with van der Waals surface area (Å²) in [7, 11) is 0. The highest BCUT2D eigenvalue weighted by molar-refractivity contribution is 6.30. The molecule has 126 valence electrons. The summed E-state index contributed by atoms with van der Waals surface area (Å²) >= 11 is 12.0. The lowest BCUT2D eigenvalue weighted by Crippen LogP contribution is -2.47. The summed E-state index contributed by atoms with van der Waals surface area (Å²) < 4.78 is 0. The van der Waals surface area contributed by atoms with Crippen molar-refractivity contribution in [1.29, 1.82) is 0 Å². The second-order valence-corrected chi connectivity index (χ2v) is 7.79. The highest BCUT2D eigenvalue weighted by Crippen LogP contribution is 2.48. The topological polar surface area (TPSA) is 6.48 Å². The van der Waals surface area contributed by atoms with E-state index in [-0.39, 0.29) is 0 Å². The molecule has 2 aromatic carbocycles. The first-order chi connectivity index (χ1) is 11.7. The third kappa shape index (κ3) is 3.72. The van der Waals surface area contributed by atoms with E-state index in [9.17, 15) is 0 Å². The van der Waals surface area contributed by atoms with Crippen LogP contribution >= 0.6 is 23.2 Å². The fourth-order valence-corrected chi connectivity index (χ4v) is 3.99. The van der Waals surface area contributed by atoms with Crippen LogP contribution in [0, 0.1) is 5.92 Å². The van der Waals surface area contributed by atoms with Crippen LogP contribution in [0.25, 0.3) is 0 Å². The molecule has 0 aromatic heterocycles. The standard InChI is InChI=1S/C20H22Cl2N2/c21-17-3-1-15(2-4-17)20-13-16(20)14-23-9-11-24(12-10-23)19-7-5-18(22)6-8-19/h1-8,16,20H,9-14H2. The lowest BCUT2D eigenvalue weighted by atomic mass is 10.1. The maximum absolute atomic E-state index is 5.98.